The molecule has 0 aliphatic rings. The summed E-state index contributed by atoms with van der Waals surface area (Å²) >= 11 is 17.1. The van der Waals surface area contributed by atoms with Crippen LogP contribution in [0.15, 0.2) is 52.5 Å². The molecule has 2 aromatic rings. The third-order valence-electron chi connectivity index (χ3n) is 2.59. The van der Waals surface area contributed by atoms with Crippen molar-refractivity contribution < 1.29 is 4.42 Å². The second kappa shape index (κ2) is 7.98. The third kappa shape index (κ3) is 4.59. The molecule has 0 fully saturated rings. The molecule has 1 heterocycles. The Morgan fingerprint density at radius 2 is 2.14 bits per heavy atom. The van der Waals surface area contributed by atoms with Crippen LogP contribution in [-0.4, -0.2) is 17.9 Å². The molecule has 22 heavy (non-hydrogen) atoms. The lowest BCUT2D eigenvalue weighted by molar-refractivity contribution is 0.574. The molecule has 1 aromatic heterocycles. The molecule has 0 radical (unpaired) electrons. The van der Waals surface area contributed by atoms with E-state index in [9.17, 15) is 0 Å². The molecule has 0 saturated carbocycles. The summed E-state index contributed by atoms with van der Waals surface area (Å²) in [5.74, 6) is 1.17. The van der Waals surface area contributed by atoms with Crippen molar-refractivity contribution in [1.29, 1.82) is 0 Å². The Morgan fingerprint density at radius 1 is 1.32 bits per heavy atom. The maximum atomic E-state index is 6.14. The van der Waals surface area contributed by atoms with E-state index >= 15 is 0 Å². The predicted molar refractivity (Wildman–Crippen MR) is 95.7 cm³/mol. The molecule has 0 unspecified atom stereocenters. The van der Waals surface area contributed by atoms with Gasteiger partial charge in [0, 0.05) is 17.1 Å². The summed E-state index contributed by atoms with van der Waals surface area (Å²) in [4.78, 5) is 0. The van der Waals surface area contributed by atoms with Gasteiger partial charge in [0.15, 0.2) is 5.11 Å². The van der Waals surface area contributed by atoms with Crippen LogP contribution in [0.25, 0.3) is 11.3 Å². The SMILES string of the molecule is C=CCNC(=S)N/N=C/c1ccc(-c2cc(Cl)ccc2Cl)o1. The summed E-state index contributed by atoms with van der Waals surface area (Å²) in [6.07, 6.45) is 3.22. The Labute approximate surface area is 143 Å². The van der Waals surface area contributed by atoms with Gasteiger partial charge in [-0.25, -0.2) is 0 Å². The largest absolute Gasteiger partial charge is 0.455 e. The molecule has 0 bridgehead atoms. The number of halogens is 2. The number of nitrogens with one attached hydrogen (secondary N) is 2. The molecule has 0 amide bonds. The number of benzene rings is 1. The molecular weight excluding hydrogens is 341 g/mol. The predicted octanol–water partition coefficient (Wildman–Crippen LogP) is 4.24. The molecule has 2 rings (SSSR count). The first-order chi connectivity index (χ1) is 10.6. The lowest BCUT2D eigenvalue weighted by atomic mass is 10.2. The number of hydrazone groups is 1. The quantitative estimate of drug-likeness (QED) is 0.365. The lowest BCUT2D eigenvalue weighted by Gasteiger charge is -2.02. The summed E-state index contributed by atoms with van der Waals surface area (Å²) < 4.78 is 5.66. The molecule has 4 nitrogen and oxygen atoms in total. The van der Waals surface area contributed by atoms with Crippen molar-refractivity contribution in [3.05, 3.63) is 58.8 Å². The molecule has 7 heteroatoms. The standard InChI is InChI=1S/C15H13Cl2N3OS/c1-2-7-18-15(22)20-19-9-11-4-6-14(21-11)12-8-10(16)3-5-13(12)17/h2-6,8-9H,1,7H2,(H2,18,20,22)/b19-9+. The summed E-state index contributed by atoms with van der Waals surface area (Å²) in [7, 11) is 0. The molecule has 0 spiro atoms. The first-order valence-corrected chi connectivity index (χ1v) is 7.49. The minimum atomic E-state index is 0.404. The summed E-state index contributed by atoms with van der Waals surface area (Å²) in [6, 6.07) is 8.77. The average Bonchev–Trinajstić information content (AvgIpc) is 2.96. The van der Waals surface area contributed by atoms with Gasteiger partial charge in [-0.15, -0.1) is 6.58 Å². The van der Waals surface area contributed by atoms with Gasteiger partial charge in [-0.3, -0.25) is 5.43 Å². The fraction of sp³-hybridized carbons (Fsp3) is 0.0667. The highest BCUT2D eigenvalue weighted by atomic mass is 35.5. The normalized spacial score (nSPS) is 10.6. The van der Waals surface area contributed by atoms with Crippen molar-refractivity contribution in [1.82, 2.24) is 10.7 Å². The smallest absolute Gasteiger partial charge is 0.187 e. The Kier molecular flexibility index (Phi) is 6.00. The summed E-state index contributed by atoms with van der Waals surface area (Å²) in [6.45, 7) is 4.15. The van der Waals surface area contributed by atoms with E-state index in [1.807, 2.05) is 0 Å². The van der Waals surface area contributed by atoms with Crippen LogP contribution in [0.3, 0.4) is 0 Å². The fourth-order valence-electron chi connectivity index (χ4n) is 1.61. The molecular formula is C15H13Cl2N3OS. The first kappa shape index (κ1) is 16.5. The molecule has 0 saturated heterocycles. The minimum absolute atomic E-state index is 0.404. The van der Waals surface area contributed by atoms with E-state index in [0.717, 1.165) is 5.56 Å². The van der Waals surface area contributed by atoms with Crippen LogP contribution in [0.5, 0.6) is 0 Å². The zero-order valence-corrected chi connectivity index (χ0v) is 13.8. The summed E-state index contributed by atoms with van der Waals surface area (Å²) in [5.41, 5.74) is 3.40. The van der Waals surface area contributed by atoms with Gasteiger partial charge in [0.25, 0.3) is 0 Å². The molecule has 0 aliphatic heterocycles. The van der Waals surface area contributed by atoms with Crippen molar-refractivity contribution >= 4 is 46.7 Å². The number of thiocarbonyl (C=S) groups is 1. The van der Waals surface area contributed by atoms with E-state index in [2.05, 4.69) is 22.4 Å². The monoisotopic (exact) mass is 353 g/mol. The van der Waals surface area contributed by atoms with Gasteiger partial charge in [0.1, 0.15) is 11.5 Å². The van der Waals surface area contributed by atoms with Gasteiger partial charge in [-0.2, -0.15) is 5.10 Å². The number of nitrogens with zero attached hydrogens (tertiary/aromatic N) is 1. The van der Waals surface area contributed by atoms with E-state index in [1.165, 1.54) is 6.21 Å². The Morgan fingerprint density at radius 3 is 2.91 bits per heavy atom. The topological polar surface area (TPSA) is 49.6 Å². The van der Waals surface area contributed by atoms with Crippen LogP contribution in [0.2, 0.25) is 10.0 Å². The van der Waals surface area contributed by atoms with Crippen LogP contribution >= 0.6 is 35.4 Å². The molecule has 2 N–H and O–H groups in total. The highest BCUT2D eigenvalue weighted by molar-refractivity contribution is 7.80. The van der Waals surface area contributed by atoms with E-state index in [-0.39, 0.29) is 0 Å². The van der Waals surface area contributed by atoms with Crippen LogP contribution in [0.4, 0.5) is 0 Å². The van der Waals surface area contributed by atoms with Gasteiger partial charge in [-0.1, -0.05) is 29.3 Å². The second-order valence-corrected chi connectivity index (χ2v) is 5.45. The van der Waals surface area contributed by atoms with Gasteiger partial charge in [0.05, 0.1) is 11.2 Å². The maximum Gasteiger partial charge on any atom is 0.187 e. The number of furan rings is 1. The number of rotatable bonds is 5. The minimum Gasteiger partial charge on any atom is -0.455 e. The second-order valence-electron chi connectivity index (χ2n) is 4.19. The van der Waals surface area contributed by atoms with Crippen molar-refractivity contribution in [3.8, 4) is 11.3 Å². The molecule has 0 atom stereocenters. The van der Waals surface area contributed by atoms with Crippen LogP contribution in [-0.2, 0) is 0 Å². The van der Waals surface area contributed by atoms with Gasteiger partial charge in [-0.05, 0) is 42.5 Å². The number of hydrogen-bond donors (Lipinski definition) is 2. The Bertz CT molecular complexity index is 713. The highest BCUT2D eigenvalue weighted by Crippen LogP contribution is 2.31. The maximum absolute atomic E-state index is 6.14. The van der Waals surface area contributed by atoms with Crippen molar-refractivity contribution in [2.75, 3.05) is 6.54 Å². The Balaban J connectivity index is 2.04. The third-order valence-corrected chi connectivity index (χ3v) is 3.39. The number of hydrogen-bond acceptors (Lipinski definition) is 3. The molecule has 114 valence electrons. The lowest BCUT2D eigenvalue weighted by Crippen LogP contribution is -2.31. The molecule has 1 aromatic carbocycles. The zero-order chi connectivity index (χ0) is 15.9. The van der Waals surface area contributed by atoms with Gasteiger partial charge in [0.2, 0.25) is 0 Å². The van der Waals surface area contributed by atoms with Crippen molar-refractivity contribution in [2.24, 2.45) is 5.10 Å². The zero-order valence-electron chi connectivity index (χ0n) is 11.5. The van der Waals surface area contributed by atoms with Crippen molar-refractivity contribution in [3.63, 3.8) is 0 Å². The van der Waals surface area contributed by atoms with Crippen LogP contribution in [0.1, 0.15) is 5.76 Å². The Hall–Kier alpha value is -1.82. The van der Waals surface area contributed by atoms with E-state index < -0.39 is 0 Å². The highest BCUT2D eigenvalue weighted by Gasteiger charge is 2.08. The summed E-state index contributed by atoms with van der Waals surface area (Å²) in [5, 5.41) is 8.42. The average molecular weight is 354 g/mol. The van der Waals surface area contributed by atoms with E-state index in [0.29, 0.717) is 33.2 Å². The molecule has 0 aliphatic carbocycles. The van der Waals surface area contributed by atoms with Crippen LogP contribution < -0.4 is 10.7 Å². The van der Waals surface area contributed by atoms with Crippen molar-refractivity contribution in [2.45, 2.75) is 0 Å². The van der Waals surface area contributed by atoms with Crippen LogP contribution in [0, 0.1) is 0 Å². The first-order valence-electron chi connectivity index (χ1n) is 6.33. The van der Waals surface area contributed by atoms with Gasteiger partial charge < -0.3 is 9.73 Å². The fourth-order valence-corrected chi connectivity index (χ4v) is 2.13. The van der Waals surface area contributed by atoms with E-state index in [4.69, 9.17) is 39.8 Å². The van der Waals surface area contributed by atoms with E-state index in [1.54, 1.807) is 36.4 Å². The van der Waals surface area contributed by atoms with Gasteiger partial charge >= 0.3 is 0 Å².